The second kappa shape index (κ2) is 10.6. The van der Waals surface area contributed by atoms with Crippen molar-refractivity contribution in [2.24, 2.45) is 5.92 Å². The fourth-order valence-electron chi connectivity index (χ4n) is 6.22. The van der Waals surface area contributed by atoms with Crippen LogP contribution in [0.2, 0.25) is 0 Å². The Morgan fingerprint density at radius 2 is 1.65 bits per heavy atom. The fraction of sp³-hybridized carbons (Fsp3) is 0.500. The van der Waals surface area contributed by atoms with Gasteiger partial charge >= 0.3 is 0 Å². The molecule has 3 aliphatic rings. The summed E-state index contributed by atoms with van der Waals surface area (Å²) in [7, 11) is 0. The number of hydrogen-bond acceptors (Lipinski definition) is 4. The van der Waals surface area contributed by atoms with E-state index in [-0.39, 0.29) is 30.2 Å². The number of nitrogens with one attached hydrogen (secondary N) is 1. The maximum absolute atomic E-state index is 13.9. The molecule has 0 atom stereocenters. The Labute approximate surface area is 219 Å². The van der Waals surface area contributed by atoms with Gasteiger partial charge in [0.05, 0.1) is 6.67 Å². The molecule has 0 unspecified atom stereocenters. The molecule has 1 N–H and O–H groups in total. The van der Waals surface area contributed by atoms with Crippen molar-refractivity contribution in [2.75, 3.05) is 36.5 Å². The van der Waals surface area contributed by atoms with Crippen LogP contribution in [-0.4, -0.2) is 59.4 Å². The minimum Gasteiger partial charge on any atom is -0.342 e. The van der Waals surface area contributed by atoms with Crippen molar-refractivity contribution in [2.45, 2.75) is 64.3 Å². The number of rotatable bonds is 5. The van der Waals surface area contributed by atoms with Gasteiger partial charge in [0, 0.05) is 30.4 Å². The molecule has 7 heteroatoms. The van der Waals surface area contributed by atoms with E-state index in [9.17, 15) is 14.4 Å². The number of carbonyl (C=O) groups excluding carboxylic acids is 3. The first-order valence-corrected chi connectivity index (χ1v) is 13.7. The molecule has 0 radical (unpaired) electrons. The number of anilines is 2. The predicted molar refractivity (Wildman–Crippen MR) is 145 cm³/mol. The van der Waals surface area contributed by atoms with E-state index in [1.807, 2.05) is 67.3 Å². The van der Waals surface area contributed by atoms with Gasteiger partial charge in [0.1, 0.15) is 12.1 Å². The molecular weight excluding hydrogens is 464 g/mol. The first kappa shape index (κ1) is 25.3. The SMILES string of the molecule is Cc1ccc(NC(=O)CN2CN(c3ccccc3)C3(CCN(C(=O)C4CCCCC4)CC3)C2=O)cc1C. The molecule has 0 bridgehead atoms. The lowest BCUT2D eigenvalue weighted by molar-refractivity contribution is -0.142. The van der Waals surface area contributed by atoms with Crippen LogP contribution in [0.25, 0.3) is 0 Å². The smallest absolute Gasteiger partial charge is 0.250 e. The Morgan fingerprint density at radius 1 is 0.946 bits per heavy atom. The Kier molecular flexibility index (Phi) is 7.22. The van der Waals surface area contributed by atoms with Gasteiger partial charge in [0.15, 0.2) is 0 Å². The van der Waals surface area contributed by atoms with E-state index in [1.54, 1.807) is 4.90 Å². The molecule has 2 saturated heterocycles. The molecule has 2 aliphatic heterocycles. The Balaban J connectivity index is 1.31. The number of nitrogens with zero attached hydrogens (tertiary/aromatic N) is 3. The van der Waals surface area contributed by atoms with Crippen LogP contribution in [0.3, 0.4) is 0 Å². The summed E-state index contributed by atoms with van der Waals surface area (Å²) in [4.78, 5) is 45.9. The molecule has 5 rings (SSSR count). The van der Waals surface area contributed by atoms with Crippen LogP contribution in [0.4, 0.5) is 11.4 Å². The molecule has 196 valence electrons. The topological polar surface area (TPSA) is 73.0 Å². The maximum Gasteiger partial charge on any atom is 0.250 e. The fourth-order valence-corrected chi connectivity index (χ4v) is 6.22. The summed E-state index contributed by atoms with van der Waals surface area (Å²) in [5.74, 6) is 0.178. The zero-order valence-electron chi connectivity index (χ0n) is 22.0. The van der Waals surface area contributed by atoms with Crippen molar-refractivity contribution < 1.29 is 14.4 Å². The van der Waals surface area contributed by atoms with Crippen molar-refractivity contribution in [3.63, 3.8) is 0 Å². The highest BCUT2D eigenvalue weighted by Gasteiger charge is 2.54. The minimum absolute atomic E-state index is 0.00155. The number of aryl methyl sites for hydroxylation is 2. The number of amides is 3. The van der Waals surface area contributed by atoms with Crippen molar-refractivity contribution >= 4 is 29.1 Å². The normalized spacial score (nSPS) is 19.9. The van der Waals surface area contributed by atoms with Crippen LogP contribution in [0.5, 0.6) is 0 Å². The first-order valence-electron chi connectivity index (χ1n) is 13.7. The number of para-hydroxylation sites is 1. The summed E-state index contributed by atoms with van der Waals surface area (Å²) >= 11 is 0. The Bertz CT molecular complexity index is 1150. The molecule has 3 fully saturated rings. The number of hydrogen-bond donors (Lipinski definition) is 1. The van der Waals surface area contributed by atoms with E-state index >= 15 is 0 Å². The molecule has 37 heavy (non-hydrogen) atoms. The van der Waals surface area contributed by atoms with Gasteiger partial charge in [-0.1, -0.05) is 43.5 Å². The monoisotopic (exact) mass is 502 g/mol. The van der Waals surface area contributed by atoms with Crippen molar-refractivity contribution in [3.8, 4) is 0 Å². The molecule has 0 aromatic heterocycles. The summed E-state index contributed by atoms with van der Waals surface area (Å²) in [5, 5.41) is 2.96. The van der Waals surface area contributed by atoms with Gasteiger partial charge in [0.2, 0.25) is 11.8 Å². The van der Waals surface area contributed by atoms with Gasteiger partial charge in [-0.05, 0) is 74.9 Å². The van der Waals surface area contributed by atoms with E-state index in [4.69, 9.17) is 0 Å². The van der Waals surface area contributed by atoms with Crippen molar-refractivity contribution in [3.05, 3.63) is 59.7 Å². The predicted octanol–water partition coefficient (Wildman–Crippen LogP) is 4.49. The van der Waals surface area contributed by atoms with Crippen molar-refractivity contribution in [1.29, 1.82) is 0 Å². The zero-order valence-corrected chi connectivity index (χ0v) is 22.0. The minimum atomic E-state index is -0.731. The number of benzene rings is 2. The second-order valence-electron chi connectivity index (χ2n) is 10.9. The van der Waals surface area contributed by atoms with E-state index in [1.165, 1.54) is 12.0 Å². The van der Waals surface area contributed by atoms with E-state index < -0.39 is 5.54 Å². The quantitative estimate of drug-likeness (QED) is 0.654. The number of piperidine rings is 1. The molecule has 2 aromatic rings. The van der Waals surface area contributed by atoms with Gasteiger partial charge in [0.25, 0.3) is 5.91 Å². The van der Waals surface area contributed by atoms with E-state index in [2.05, 4.69) is 10.2 Å². The molecule has 1 aliphatic carbocycles. The van der Waals surface area contributed by atoms with Crippen LogP contribution in [0.15, 0.2) is 48.5 Å². The lowest BCUT2D eigenvalue weighted by atomic mass is 9.83. The average molecular weight is 503 g/mol. The van der Waals surface area contributed by atoms with Gasteiger partial charge in [-0.3, -0.25) is 14.4 Å². The van der Waals surface area contributed by atoms with Crippen LogP contribution in [0.1, 0.15) is 56.1 Å². The Hall–Kier alpha value is -3.35. The van der Waals surface area contributed by atoms with Crippen molar-refractivity contribution in [1.82, 2.24) is 9.80 Å². The largest absolute Gasteiger partial charge is 0.342 e. The molecule has 7 nitrogen and oxygen atoms in total. The highest BCUT2D eigenvalue weighted by molar-refractivity contribution is 5.99. The van der Waals surface area contributed by atoms with E-state index in [0.717, 1.165) is 42.6 Å². The second-order valence-corrected chi connectivity index (χ2v) is 10.9. The Morgan fingerprint density at radius 3 is 2.32 bits per heavy atom. The van der Waals surface area contributed by atoms with Crippen LogP contribution >= 0.6 is 0 Å². The number of carbonyl (C=O) groups is 3. The van der Waals surface area contributed by atoms with Gasteiger partial charge in [-0.2, -0.15) is 0 Å². The third-order valence-electron chi connectivity index (χ3n) is 8.56. The molecular formula is C30H38N4O3. The third kappa shape index (κ3) is 5.09. The molecule has 1 spiro atoms. The summed E-state index contributed by atoms with van der Waals surface area (Å²) in [5.41, 5.74) is 3.26. The average Bonchev–Trinajstić information content (AvgIpc) is 3.18. The lowest BCUT2D eigenvalue weighted by Gasteiger charge is -2.44. The van der Waals surface area contributed by atoms with Gasteiger partial charge in [-0.15, -0.1) is 0 Å². The van der Waals surface area contributed by atoms with Gasteiger partial charge < -0.3 is 20.0 Å². The summed E-state index contributed by atoms with van der Waals surface area (Å²) in [6.07, 6.45) is 6.61. The maximum atomic E-state index is 13.9. The number of likely N-dealkylation sites (tertiary alicyclic amines) is 1. The molecule has 1 saturated carbocycles. The highest BCUT2D eigenvalue weighted by Crippen LogP contribution is 2.40. The van der Waals surface area contributed by atoms with Crippen LogP contribution < -0.4 is 10.2 Å². The zero-order chi connectivity index (χ0) is 26.0. The summed E-state index contributed by atoms with van der Waals surface area (Å²) in [6.45, 7) is 5.57. The standard InChI is InChI=1S/C30H38N4O3/c1-22-13-14-25(19-23(22)2)31-27(35)20-33-21-34(26-11-7-4-8-12-26)30(29(33)37)15-17-32(18-16-30)28(36)24-9-5-3-6-10-24/h4,7-8,11-14,19,24H,3,5-6,9-10,15-18,20-21H2,1-2H3,(H,31,35). The third-order valence-corrected chi connectivity index (χ3v) is 8.56. The molecule has 3 amide bonds. The van der Waals surface area contributed by atoms with E-state index in [0.29, 0.717) is 32.6 Å². The van der Waals surface area contributed by atoms with Gasteiger partial charge in [-0.25, -0.2) is 0 Å². The van der Waals surface area contributed by atoms with Crippen LogP contribution in [-0.2, 0) is 14.4 Å². The molecule has 2 heterocycles. The summed E-state index contributed by atoms with van der Waals surface area (Å²) in [6, 6.07) is 15.8. The lowest BCUT2D eigenvalue weighted by Crippen LogP contribution is -2.58. The first-order chi connectivity index (χ1) is 17.9. The van der Waals surface area contributed by atoms with Crippen LogP contribution in [0, 0.1) is 19.8 Å². The molecule has 2 aromatic carbocycles. The summed E-state index contributed by atoms with van der Waals surface area (Å²) < 4.78 is 0. The highest BCUT2D eigenvalue weighted by atomic mass is 16.2.